The van der Waals surface area contributed by atoms with Crippen molar-refractivity contribution in [1.82, 2.24) is 15.5 Å². The van der Waals surface area contributed by atoms with Crippen molar-refractivity contribution in [2.45, 2.75) is 44.4 Å². The number of amides is 2. The van der Waals surface area contributed by atoms with Crippen LogP contribution < -0.4 is 16.4 Å². The number of nitrogens with two attached hydrogens (primary N) is 1. The molecule has 2 atom stereocenters. The van der Waals surface area contributed by atoms with Crippen molar-refractivity contribution in [3.8, 4) is 0 Å². The molecule has 188 valence electrons. The number of hydrogen-bond acceptors (Lipinski definition) is 7. The van der Waals surface area contributed by atoms with E-state index in [1.54, 1.807) is 18.2 Å². The van der Waals surface area contributed by atoms with E-state index < -0.39 is 18.1 Å². The number of nitrogens with one attached hydrogen (secondary N) is 2. The third-order valence-electron chi connectivity index (χ3n) is 5.29. The van der Waals surface area contributed by atoms with Crippen LogP contribution in [0.3, 0.4) is 0 Å². The standard InChI is InChI=1S/C18H25N3O5.C6H11NO/c1-21-9-7-14(8-10-21)16(22)19-11-15(17(23)24)20-18(25)26-12-13-5-3-2-4-6-13;1-2-6(7)4-3-5-8/h2-6,14-15H,7-12H2,1H3,(H,19,22)(H,20,25)(H,23,24);2,5-6H,1,3-4,7H2. The molecule has 1 aliphatic rings. The molecule has 0 aliphatic carbocycles. The van der Waals surface area contributed by atoms with E-state index in [1.807, 2.05) is 25.2 Å². The second kappa shape index (κ2) is 16.4. The Labute approximate surface area is 200 Å². The number of carbonyl (C=O) groups is 4. The van der Waals surface area contributed by atoms with Gasteiger partial charge in [0.25, 0.3) is 0 Å². The first-order chi connectivity index (χ1) is 16.3. The quantitative estimate of drug-likeness (QED) is 0.276. The van der Waals surface area contributed by atoms with Gasteiger partial charge in [-0.25, -0.2) is 9.59 Å². The SMILES string of the molecule is C=CC(N)CCC=O.CN1CCC(C(=O)NCC(NC(=O)OCc2ccccc2)C(=O)O)CC1. The molecule has 0 spiro atoms. The van der Waals surface area contributed by atoms with Crippen LogP contribution in [-0.4, -0.2) is 73.0 Å². The summed E-state index contributed by atoms with van der Waals surface area (Å²) in [7, 11) is 2.00. The molecule has 34 heavy (non-hydrogen) atoms. The van der Waals surface area contributed by atoms with E-state index in [4.69, 9.17) is 10.5 Å². The summed E-state index contributed by atoms with van der Waals surface area (Å²) in [5.41, 5.74) is 6.18. The molecule has 5 N–H and O–H groups in total. The third kappa shape index (κ3) is 12.1. The Kier molecular flexibility index (Phi) is 13.9. The second-order valence-corrected chi connectivity index (χ2v) is 8.06. The zero-order valence-corrected chi connectivity index (χ0v) is 19.7. The molecule has 1 aliphatic heterocycles. The molecule has 2 amide bonds. The Morgan fingerprint density at radius 1 is 1.26 bits per heavy atom. The van der Waals surface area contributed by atoms with Crippen LogP contribution in [0, 0.1) is 5.92 Å². The number of hydrogen-bond donors (Lipinski definition) is 4. The molecule has 1 heterocycles. The van der Waals surface area contributed by atoms with Gasteiger partial charge in [-0.3, -0.25) is 4.79 Å². The number of carboxylic acid groups (broad SMARTS) is 1. The number of rotatable bonds is 11. The van der Waals surface area contributed by atoms with Crippen LogP contribution in [0.4, 0.5) is 4.79 Å². The summed E-state index contributed by atoms with van der Waals surface area (Å²) < 4.78 is 5.01. The van der Waals surface area contributed by atoms with E-state index in [0.717, 1.165) is 37.8 Å². The van der Waals surface area contributed by atoms with Crippen molar-refractivity contribution in [2.75, 3.05) is 26.7 Å². The zero-order chi connectivity index (χ0) is 25.3. The zero-order valence-electron chi connectivity index (χ0n) is 19.7. The van der Waals surface area contributed by atoms with Crippen LogP contribution in [0.25, 0.3) is 0 Å². The van der Waals surface area contributed by atoms with Crippen LogP contribution in [0.5, 0.6) is 0 Å². The van der Waals surface area contributed by atoms with E-state index in [9.17, 15) is 24.3 Å². The highest BCUT2D eigenvalue weighted by molar-refractivity contribution is 5.82. The third-order valence-corrected chi connectivity index (χ3v) is 5.29. The summed E-state index contributed by atoms with van der Waals surface area (Å²) in [5.74, 6) is -1.53. The van der Waals surface area contributed by atoms with E-state index in [2.05, 4.69) is 22.1 Å². The number of nitrogens with zero attached hydrogens (tertiary/aromatic N) is 1. The number of carboxylic acids is 1. The fourth-order valence-electron chi connectivity index (χ4n) is 3.10. The van der Waals surface area contributed by atoms with Gasteiger partial charge in [0.05, 0.1) is 0 Å². The molecular formula is C24H36N4O6. The number of aliphatic carboxylic acids is 1. The van der Waals surface area contributed by atoms with E-state index in [1.165, 1.54) is 0 Å². The van der Waals surface area contributed by atoms with Crippen molar-refractivity contribution in [1.29, 1.82) is 0 Å². The minimum Gasteiger partial charge on any atom is -0.480 e. The van der Waals surface area contributed by atoms with Crippen molar-refractivity contribution >= 4 is 24.3 Å². The van der Waals surface area contributed by atoms with Crippen LogP contribution in [0.15, 0.2) is 43.0 Å². The van der Waals surface area contributed by atoms with Crippen molar-refractivity contribution in [2.24, 2.45) is 11.7 Å². The van der Waals surface area contributed by atoms with Crippen molar-refractivity contribution in [3.63, 3.8) is 0 Å². The van der Waals surface area contributed by atoms with Gasteiger partial charge >= 0.3 is 12.1 Å². The van der Waals surface area contributed by atoms with E-state index in [-0.39, 0.29) is 31.0 Å². The van der Waals surface area contributed by atoms with Gasteiger partial charge in [0.2, 0.25) is 5.91 Å². The number of likely N-dealkylation sites (tertiary alicyclic amines) is 1. The lowest BCUT2D eigenvalue weighted by molar-refractivity contribution is -0.139. The van der Waals surface area contributed by atoms with Gasteiger partial charge in [-0.1, -0.05) is 36.4 Å². The van der Waals surface area contributed by atoms with Gasteiger partial charge in [0.1, 0.15) is 18.9 Å². The molecule has 1 aromatic rings. The lowest BCUT2D eigenvalue weighted by atomic mass is 9.96. The fourth-order valence-corrected chi connectivity index (χ4v) is 3.10. The molecule has 1 saturated heterocycles. The number of ether oxygens (including phenoxy) is 1. The first kappa shape index (κ1) is 28.8. The molecule has 0 bridgehead atoms. The Hall–Kier alpha value is -3.24. The first-order valence-electron chi connectivity index (χ1n) is 11.2. The summed E-state index contributed by atoms with van der Waals surface area (Å²) in [6, 6.07) is 7.81. The maximum absolute atomic E-state index is 12.2. The Balaban J connectivity index is 0.000000620. The molecule has 0 radical (unpaired) electrons. The van der Waals surface area contributed by atoms with Gasteiger partial charge in [-0.2, -0.15) is 0 Å². The molecular weight excluding hydrogens is 440 g/mol. The summed E-state index contributed by atoms with van der Waals surface area (Å²) in [4.78, 5) is 47.2. The molecule has 1 aromatic carbocycles. The fraction of sp³-hybridized carbons (Fsp3) is 0.500. The maximum atomic E-state index is 12.2. The minimum atomic E-state index is -1.24. The topological polar surface area (TPSA) is 151 Å². The highest BCUT2D eigenvalue weighted by Gasteiger charge is 2.26. The molecule has 2 rings (SSSR count). The van der Waals surface area contributed by atoms with Gasteiger partial charge < -0.3 is 35.9 Å². The number of alkyl carbamates (subject to hydrolysis) is 1. The number of piperidine rings is 1. The lowest BCUT2D eigenvalue weighted by Gasteiger charge is -2.28. The molecule has 0 saturated carbocycles. The number of benzene rings is 1. The van der Waals surface area contributed by atoms with Gasteiger partial charge in [0.15, 0.2) is 0 Å². The Bertz CT molecular complexity index is 781. The summed E-state index contributed by atoms with van der Waals surface area (Å²) in [6.07, 6.45) is 4.40. The van der Waals surface area contributed by atoms with Gasteiger partial charge in [-0.15, -0.1) is 6.58 Å². The molecule has 10 nitrogen and oxygen atoms in total. The van der Waals surface area contributed by atoms with Crippen LogP contribution in [-0.2, 0) is 25.7 Å². The summed E-state index contributed by atoms with van der Waals surface area (Å²) in [5, 5.41) is 14.1. The number of aldehydes is 1. The van der Waals surface area contributed by atoms with E-state index >= 15 is 0 Å². The molecule has 0 aromatic heterocycles. The maximum Gasteiger partial charge on any atom is 0.408 e. The minimum absolute atomic E-state index is 0.0137. The predicted molar refractivity (Wildman–Crippen MR) is 128 cm³/mol. The predicted octanol–water partition coefficient (Wildman–Crippen LogP) is 1.30. The highest BCUT2D eigenvalue weighted by Crippen LogP contribution is 2.15. The number of carbonyl (C=O) groups excluding carboxylic acids is 3. The second-order valence-electron chi connectivity index (χ2n) is 8.06. The van der Waals surface area contributed by atoms with Crippen molar-refractivity contribution < 1.29 is 29.0 Å². The molecule has 1 fully saturated rings. The monoisotopic (exact) mass is 476 g/mol. The van der Waals surface area contributed by atoms with Crippen LogP contribution in [0.2, 0.25) is 0 Å². The van der Waals surface area contributed by atoms with E-state index in [0.29, 0.717) is 12.8 Å². The first-order valence-corrected chi connectivity index (χ1v) is 11.2. The normalized spacial score (nSPS) is 15.6. The smallest absolute Gasteiger partial charge is 0.408 e. The largest absolute Gasteiger partial charge is 0.480 e. The Morgan fingerprint density at radius 3 is 2.47 bits per heavy atom. The molecule has 2 unspecified atom stereocenters. The van der Waals surface area contributed by atoms with Gasteiger partial charge in [0, 0.05) is 24.9 Å². The average molecular weight is 477 g/mol. The van der Waals surface area contributed by atoms with Crippen LogP contribution in [0.1, 0.15) is 31.2 Å². The summed E-state index contributed by atoms with van der Waals surface area (Å²) in [6.45, 7) is 5.01. The summed E-state index contributed by atoms with van der Waals surface area (Å²) >= 11 is 0. The Morgan fingerprint density at radius 2 is 1.91 bits per heavy atom. The highest BCUT2D eigenvalue weighted by atomic mass is 16.5. The van der Waals surface area contributed by atoms with Gasteiger partial charge in [-0.05, 0) is 45.0 Å². The van der Waals surface area contributed by atoms with Crippen LogP contribution >= 0.6 is 0 Å². The average Bonchev–Trinajstić information content (AvgIpc) is 2.84. The molecule has 10 heteroatoms. The van der Waals surface area contributed by atoms with Crippen molar-refractivity contribution in [3.05, 3.63) is 48.6 Å². The lowest BCUT2D eigenvalue weighted by Crippen LogP contribution is -2.50.